The van der Waals surface area contributed by atoms with Crippen molar-refractivity contribution < 1.29 is 18.3 Å². The van der Waals surface area contributed by atoms with Crippen LogP contribution in [-0.4, -0.2) is 77.1 Å². The van der Waals surface area contributed by atoms with Crippen LogP contribution in [-0.2, 0) is 10.0 Å². The van der Waals surface area contributed by atoms with Crippen LogP contribution in [0, 0.1) is 11.3 Å². The number of nitriles is 1. The fourth-order valence-electron chi connectivity index (χ4n) is 5.42. The molecule has 11 nitrogen and oxygen atoms in total. The van der Waals surface area contributed by atoms with Gasteiger partial charge in [0.2, 0.25) is 16.0 Å². The fraction of sp³-hybridized carbons (Fsp3) is 0.481. The normalized spacial score (nSPS) is 19.4. The van der Waals surface area contributed by atoms with E-state index >= 15 is 0 Å². The zero-order valence-corrected chi connectivity index (χ0v) is 22.5. The molecule has 0 unspecified atom stereocenters. The summed E-state index contributed by atoms with van der Waals surface area (Å²) in [5.41, 5.74) is 2.35. The average molecular weight is 552 g/mol. The maximum atomic E-state index is 13.3. The summed E-state index contributed by atoms with van der Waals surface area (Å²) in [5, 5.41) is 25.3. The van der Waals surface area contributed by atoms with Gasteiger partial charge in [0, 0.05) is 38.3 Å². The fourth-order valence-corrected chi connectivity index (χ4v) is 6.89. The zero-order chi connectivity index (χ0) is 27.4. The van der Waals surface area contributed by atoms with Crippen LogP contribution in [0.4, 0.5) is 16.6 Å². The Morgan fingerprint density at radius 3 is 2.33 bits per heavy atom. The number of nitrogens with one attached hydrogen (secondary N) is 2. The first-order chi connectivity index (χ1) is 18.8. The van der Waals surface area contributed by atoms with E-state index in [4.69, 9.17) is 5.11 Å². The van der Waals surface area contributed by atoms with Gasteiger partial charge in [0.25, 0.3) is 0 Å². The second-order valence-corrected chi connectivity index (χ2v) is 12.2. The number of sulfonamides is 1. The van der Waals surface area contributed by atoms with Crippen LogP contribution in [0.1, 0.15) is 56.1 Å². The van der Waals surface area contributed by atoms with Crippen molar-refractivity contribution in [3.8, 4) is 6.07 Å². The van der Waals surface area contributed by atoms with E-state index in [9.17, 15) is 18.5 Å². The molecule has 0 spiro atoms. The van der Waals surface area contributed by atoms with Crippen molar-refractivity contribution in [3.63, 3.8) is 0 Å². The first kappa shape index (κ1) is 26.9. The molecule has 0 radical (unpaired) electrons. The van der Waals surface area contributed by atoms with E-state index in [1.54, 1.807) is 24.3 Å². The molecular weight excluding hydrogens is 518 g/mol. The highest BCUT2D eigenvalue weighted by molar-refractivity contribution is 7.89. The topological polar surface area (TPSA) is 152 Å². The van der Waals surface area contributed by atoms with Crippen molar-refractivity contribution >= 4 is 33.5 Å². The van der Waals surface area contributed by atoms with Crippen molar-refractivity contribution in [2.75, 3.05) is 36.8 Å². The van der Waals surface area contributed by atoms with E-state index in [0.29, 0.717) is 68.8 Å². The van der Waals surface area contributed by atoms with Gasteiger partial charge in [-0.05, 0) is 55.4 Å². The molecule has 1 aromatic heterocycles. The Bertz CT molecular complexity index is 1370. The molecule has 0 atom stereocenters. The van der Waals surface area contributed by atoms with Gasteiger partial charge in [-0.3, -0.25) is 0 Å². The highest BCUT2D eigenvalue weighted by Gasteiger charge is 2.30. The van der Waals surface area contributed by atoms with Crippen LogP contribution < -0.4 is 10.6 Å². The summed E-state index contributed by atoms with van der Waals surface area (Å²) in [6, 6.07) is 9.34. The third-order valence-corrected chi connectivity index (χ3v) is 9.65. The van der Waals surface area contributed by atoms with Gasteiger partial charge in [0.05, 0.1) is 11.1 Å². The van der Waals surface area contributed by atoms with E-state index in [-0.39, 0.29) is 10.9 Å². The maximum Gasteiger partial charge on any atom is 0.407 e. The minimum atomic E-state index is -3.63. The van der Waals surface area contributed by atoms with E-state index in [1.807, 2.05) is 6.08 Å². The monoisotopic (exact) mass is 551 g/mol. The number of carbonyl (C=O) groups is 1. The van der Waals surface area contributed by atoms with E-state index in [2.05, 4.69) is 26.7 Å². The van der Waals surface area contributed by atoms with Gasteiger partial charge in [-0.15, -0.1) is 0 Å². The number of nitrogens with zero attached hydrogens (tertiary/aromatic N) is 5. The maximum absolute atomic E-state index is 13.3. The van der Waals surface area contributed by atoms with E-state index < -0.39 is 16.1 Å². The second-order valence-electron chi connectivity index (χ2n) is 10.2. The molecule has 2 aliphatic heterocycles. The number of carboxylic acid groups (broad SMARTS) is 1. The lowest BCUT2D eigenvalue weighted by atomic mass is 10.00. The van der Waals surface area contributed by atoms with Crippen molar-refractivity contribution in [1.29, 1.82) is 5.26 Å². The molecule has 5 rings (SSSR count). The predicted molar refractivity (Wildman–Crippen MR) is 147 cm³/mol. The van der Waals surface area contributed by atoms with Gasteiger partial charge in [0.1, 0.15) is 17.5 Å². The van der Waals surface area contributed by atoms with Gasteiger partial charge in [0.15, 0.2) is 0 Å². The predicted octanol–water partition coefficient (Wildman–Crippen LogP) is 3.74. The summed E-state index contributed by atoms with van der Waals surface area (Å²) in [4.78, 5) is 21.6. The number of hydrogen-bond donors (Lipinski definition) is 3. The number of anilines is 2. The average Bonchev–Trinajstić information content (AvgIpc) is 3.47. The molecule has 1 amide bonds. The third kappa shape index (κ3) is 6.15. The standard InChI is InChI=1S/C27H33N7O4S/c28-17-21-18-29-26(32-25(21)30-22-3-1-2-4-22)31-23-11-15-34(16-12-23)39(37,38)24-7-5-19(6-8-24)20-9-13-33(14-10-20)27(35)36/h5-9,18,22-23H,1-4,10-16H2,(H,35,36)(H2,29,30,31,32). The Kier molecular flexibility index (Phi) is 7.99. The Labute approximate surface area is 228 Å². The van der Waals surface area contributed by atoms with Crippen molar-refractivity contribution in [2.24, 2.45) is 0 Å². The Balaban J connectivity index is 1.18. The number of hydrogen-bond acceptors (Lipinski definition) is 8. The molecule has 206 valence electrons. The number of aromatic nitrogens is 2. The summed E-state index contributed by atoms with van der Waals surface area (Å²) >= 11 is 0. The van der Waals surface area contributed by atoms with Crippen LogP contribution in [0.25, 0.3) is 5.57 Å². The number of piperidine rings is 1. The minimum Gasteiger partial charge on any atom is -0.465 e. The van der Waals surface area contributed by atoms with Gasteiger partial charge in [-0.25, -0.2) is 18.2 Å². The van der Waals surface area contributed by atoms with Crippen molar-refractivity contribution in [3.05, 3.63) is 47.7 Å². The summed E-state index contributed by atoms with van der Waals surface area (Å²) < 4.78 is 28.1. The van der Waals surface area contributed by atoms with Gasteiger partial charge in [-0.2, -0.15) is 14.6 Å². The first-order valence-corrected chi connectivity index (χ1v) is 14.8. The molecule has 2 aromatic rings. The number of rotatable bonds is 7. The molecular formula is C27H33N7O4S. The SMILES string of the molecule is N#Cc1cnc(NC2CCN(S(=O)(=O)c3ccc(C4=CCN(C(=O)O)CC4)cc3)CC2)nc1NC1CCCC1. The molecule has 3 aliphatic rings. The quantitative estimate of drug-likeness (QED) is 0.467. The van der Waals surface area contributed by atoms with E-state index in [1.165, 1.54) is 28.2 Å². The van der Waals surface area contributed by atoms with Crippen LogP contribution in [0.3, 0.4) is 0 Å². The molecule has 39 heavy (non-hydrogen) atoms. The Morgan fingerprint density at radius 1 is 1.03 bits per heavy atom. The zero-order valence-electron chi connectivity index (χ0n) is 21.7. The summed E-state index contributed by atoms with van der Waals surface area (Å²) in [6.45, 7) is 1.51. The summed E-state index contributed by atoms with van der Waals surface area (Å²) in [6.07, 6.45) is 8.77. The lowest BCUT2D eigenvalue weighted by molar-refractivity contribution is 0.150. The molecule has 1 aliphatic carbocycles. The number of benzene rings is 1. The highest BCUT2D eigenvalue weighted by Crippen LogP contribution is 2.27. The molecule has 1 saturated heterocycles. The smallest absolute Gasteiger partial charge is 0.407 e. The minimum absolute atomic E-state index is 0.0229. The van der Waals surface area contributed by atoms with Crippen molar-refractivity contribution in [2.45, 2.75) is 61.9 Å². The van der Waals surface area contributed by atoms with Gasteiger partial charge in [-0.1, -0.05) is 31.1 Å². The molecule has 0 bridgehead atoms. The molecule has 1 aromatic carbocycles. The molecule has 2 fully saturated rings. The van der Waals surface area contributed by atoms with Gasteiger partial charge < -0.3 is 20.6 Å². The highest BCUT2D eigenvalue weighted by atomic mass is 32.2. The lowest BCUT2D eigenvalue weighted by Crippen LogP contribution is -2.42. The van der Waals surface area contributed by atoms with Crippen molar-refractivity contribution in [1.82, 2.24) is 19.2 Å². The Morgan fingerprint density at radius 2 is 1.72 bits per heavy atom. The molecule has 3 N–H and O–H groups in total. The largest absolute Gasteiger partial charge is 0.465 e. The number of amides is 1. The molecule has 3 heterocycles. The van der Waals surface area contributed by atoms with E-state index in [0.717, 1.165) is 24.0 Å². The molecule has 12 heteroatoms. The Hall–Kier alpha value is -3.69. The molecule has 1 saturated carbocycles. The van der Waals surface area contributed by atoms with Crippen LogP contribution >= 0.6 is 0 Å². The first-order valence-electron chi connectivity index (χ1n) is 13.4. The van der Waals surface area contributed by atoms with Crippen LogP contribution in [0.2, 0.25) is 0 Å². The van der Waals surface area contributed by atoms with Gasteiger partial charge >= 0.3 is 6.09 Å². The van der Waals surface area contributed by atoms with Crippen LogP contribution in [0.5, 0.6) is 0 Å². The summed E-state index contributed by atoms with van der Waals surface area (Å²) in [7, 11) is -3.63. The lowest BCUT2D eigenvalue weighted by Gasteiger charge is -2.31. The summed E-state index contributed by atoms with van der Waals surface area (Å²) in [5.74, 6) is 0.989. The third-order valence-electron chi connectivity index (χ3n) is 7.73. The second kappa shape index (κ2) is 11.6. The van der Waals surface area contributed by atoms with Crippen LogP contribution in [0.15, 0.2) is 41.4 Å².